The van der Waals surface area contributed by atoms with E-state index in [1.165, 1.54) is 0 Å². The number of hydrogen-bond donors (Lipinski definition) is 2. The van der Waals surface area contributed by atoms with Gasteiger partial charge >= 0.3 is 5.97 Å². The Labute approximate surface area is 65.4 Å². The molecule has 0 radical (unpaired) electrons. The van der Waals surface area contributed by atoms with Gasteiger partial charge in [-0.05, 0) is 13.3 Å². The lowest BCUT2D eigenvalue weighted by Gasteiger charge is -2.13. The molecule has 0 fully saturated rings. The first-order valence-corrected chi connectivity index (χ1v) is 3.51. The molecule has 0 aromatic heterocycles. The average molecular weight is 159 g/mol. The summed E-state index contributed by atoms with van der Waals surface area (Å²) in [4.78, 5) is 20.4. The summed E-state index contributed by atoms with van der Waals surface area (Å²) in [7, 11) is 0. The number of rotatable bonds is 5. The molecule has 0 aliphatic carbocycles. The predicted molar refractivity (Wildman–Crippen MR) is 40.1 cm³/mol. The van der Waals surface area contributed by atoms with E-state index in [0.717, 1.165) is 0 Å². The van der Waals surface area contributed by atoms with Gasteiger partial charge in [0.2, 0.25) is 0 Å². The van der Waals surface area contributed by atoms with Gasteiger partial charge in [-0.25, -0.2) is 0 Å². The fourth-order valence-corrected chi connectivity index (χ4v) is 0.859. The van der Waals surface area contributed by atoms with E-state index in [9.17, 15) is 9.59 Å². The zero-order chi connectivity index (χ0) is 8.85. The van der Waals surface area contributed by atoms with Crippen molar-refractivity contribution in [3.8, 4) is 0 Å². The Morgan fingerprint density at radius 1 is 1.73 bits per heavy atom. The lowest BCUT2D eigenvalue weighted by Crippen LogP contribution is -2.32. The zero-order valence-corrected chi connectivity index (χ0v) is 6.49. The molecule has 64 valence electrons. The van der Waals surface area contributed by atoms with Gasteiger partial charge in [0.1, 0.15) is 6.29 Å². The fourth-order valence-electron chi connectivity index (χ4n) is 0.859. The lowest BCUT2D eigenvalue weighted by atomic mass is 9.97. The Hall–Kier alpha value is -0.900. The maximum atomic E-state index is 10.5. The highest BCUT2D eigenvalue weighted by molar-refractivity contribution is 5.71. The molecule has 0 saturated heterocycles. The molecular weight excluding hydrogens is 146 g/mol. The molecule has 0 heterocycles. The van der Waals surface area contributed by atoms with Crippen LogP contribution in [-0.2, 0) is 9.59 Å². The SMILES string of the molecule is CC(N)C(CCC=O)C(=O)O. The van der Waals surface area contributed by atoms with Crippen LogP contribution in [0.3, 0.4) is 0 Å². The molecule has 11 heavy (non-hydrogen) atoms. The van der Waals surface area contributed by atoms with Crippen LogP contribution in [0.2, 0.25) is 0 Å². The van der Waals surface area contributed by atoms with Gasteiger partial charge in [-0.3, -0.25) is 4.79 Å². The molecule has 0 aliphatic rings. The van der Waals surface area contributed by atoms with Crippen LogP contribution < -0.4 is 5.73 Å². The van der Waals surface area contributed by atoms with Gasteiger partial charge in [0, 0.05) is 12.5 Å². The van der Waals surface area contributed by atoms with E-state index >= 15 is 0 Å². The van der Waals surface area contributed by atoms with E-state index in [4.69, 9.17) is 10.8 Å². The average Bonchev–Trinajstić information content (AvgIpc) is 1.87. The first kappa shape index (κ1) is 10.1. The molecular formula is C7H13NO3. The van der Waals surface area contributed by atoms with Crippen molar-refractivity contribution < 1.29 is 14.7 Å². The first-order chi connectivity index (χ1) is 5.09. The molecule has 0 aromatic rings. The van der Waals surface area contributed by atoms with Gasteiger partial charge in [0.15, 0.2) is 0 Å². The molecule has 0 amide bonds. The molecule has 0 bridgehead atoms. The number of aldehydes is 1. The smallest absolute Gasteiger partial charge is 0.308 e. The molecule has 4 heteroatoms. The fraction of sp³-hybridized carbons (Fsp3) is 0.714. The normalized spacial score (nSPS) is 15.5. The molecule has 0 saturated carbocycles. The summed E-state index contributed by atoms with van der Waals surface area (Å²) >= 11 is 0. The molecule has 2 unspecified atom stereocenters. The van der Waals surface area contributed by atoms with Gasteiger partial charge in [-0.15, -0.1) is 0 Å². The largest absolute Gasteiger partial charge is 0.481 e. The van der Waals surface area contributed by atoms with Crippen molar-refractivity contribution in [2.75, 3.05) is 0 Å². The van der Waals surface area contributed by atoms with E-state index < -0.39 is 17.9 Å². The molecule has 4 nitrogen and oxygen atoms in total. The second-order valence-electron chi connectivity index (χ2n) is 2.55. The van der Waals surface area contributed by atoms with Crippen molar-refractivity contribution in [2.24, 2.45) is 11.7 Å². The van der Waals surface area contributed by atoms with Crippen molar-refractivity contribution >= 4 is 12.3 Å². The van der Waals surface area contributed by atoms with Crippen LogP contribution >= 0.6 is 0 Å². The van der Waals surface area contributed by atoms with E-state index in [1.807, 2.05) is 0 Å². The minimum atomic E-state index is -0.929. The molecule has 0 aliphatic heterocycles. The maximum absolute atomic E-state index is 10.5. The van der Waals surface area contributed by atoms with Crippen LogP contribution in [0, 0.1) is 5.92 Å². The second-order valence-corrected chi connectivity index (χ2v) is 2.55. The summed E-state index contributed by atoms with van der Waals surface area (Å²) in [5, 5.41) is 8.57. The third-order valence-electron chi connectivity index (χ3n) is 1.55. The number of carbonyl (C=O) groups is 2. The molecule has 0 aromatic carbocycles. The number of aliphatic carboxylic acids is 1. The topological polar surface area (TPSA) is 80.4 Å². The third kappa shape index (κ3) is 3.72. The van der Waals surface area contributed by atoms with Crippen LogP contribution in [0.4, 0.5) is 0 Å². The number of hydrogen-bond acceptors (Lipinski definition) is 3. The highest BCUT2D eigenvalue weighted by atomic mass is 16.4. The van der Waals surface area contributed by atoms with Crippen molar-refractivity contribution in [2.45, 2.75) is 25.8 Å². The molecule has 3 N–H and O–H groups in total. The van der Waals surface area contributed by atoms with Crippen molar-refractivity contribution in [1.82, 2.24) is 0 Å². The Morgan fingerprint density at radius 3 is 2.55 bits per heavy atom. The summed E-state index contributed by atoms with van der Waals surface area (Å²) in [6, 6.07) is -0.396. The zero-order valence-electron chi connectivity index (χ0n) is 6.49. The van der Waals surface area contributed by atoms with Crippen LogP contribution in [0.15, 0.2) is 0 Å². The van der Waals surface area contributed by atoms with Crippen molar-refractivity contribution in [3.05, 3.63) is 0 Å². The lowest BCUT2D eigenvalue weighted by molar-refractivity contribution is -0.142. The van der Waals surface area contributed by atoms with Gasteiger partial charge in [0.05, 0.1) is 5.92 Å². The summed E-state index contributed by atoms with van der Waals surface area (Å²) < 4.78 is 0. The van der Waals surface area contributed by atoms with Gasteiger partial charge < -0.3 is 15.6 Å². The van der Waals surface area contributed by atoms with Crippen LogP contribution in [0.25, 0.3) is 0 Å². The first-order valence-electron chi connectivity index (χ1n) is 3.51. The maximum Gasteiger partial charge on any atom is 0.308 e. The van der Waals surface area contributed by atoms with Crippen LogP contribution in [0.1, 0.15) is 19.8 Å². The second kappa shape index (κ2) is 4.85. The Bertz CT molecular complexity index is 145. The van der Waals surface area contributed by atoms with Crippen LogP contribution in [0.5, 0.6) is 0 Å². The van der Waals surface area contributed by atoms with Gasteiger partial charge in [-0.2, -0.15) is 0 Å². The minimum Gasteiger partial charge on any atom is -0.481 e. The monoisotopic (exact) mass is 159 g/mol. The summed E-state index contributed by atoms with van der Waals surface area (Å²) in [6.07, 6.45) is 1.30. The summed E-state index contributed by atoms with van der Waals surface area (Å²) in [6.45, 7) is 1.63. The Kier molecular flexibility index (Phi) is 4.45. The van der Waals surface area contributed by atoms with Crippen LogP contribution in [-0.4, -0.2) is 23.4 Å². The number of carboxylic acids is 1. The van der Waals surface area contributed by atoms with E-state index in [2.05, 4.69) is 0 Å². The third-order valence-corrected chi connectivity index (χ3v) is 1.55. The summed E-state index contributed by atoms with van der Waals surface area (Å²) in [5.41, 5.74) is 5.38. The highest BCUT2D eigenvalue weighted by Gasteiger charge is 2.20. The predicted octanol–water partition coefficient (Wildman–Crippen LogP) is 0.0135. The van der Waals surface area contributed by atoms with E-state index in [0.29, 0.717) is 12.7 Å². The number of nitrogens with two attached hydrogens (primary N) is 1. The van der Waals surface area contributed by atoms with Crippen molar-refractivity contribution in [1.29, 1.82) is 0 Å². The van der Waals surface area contributed by atoms with E-state index in [1.54, 1.807) is 6.92 Å². The number of carbonyl (C=O) groups excluding carboxylic acids is 1. The Morgan fingerprint density at radius 2 is 2.27 bits per heavy atom. The quantitative estimate of drug-likeness (QED) is 0.554. The standard InChI is InChI=1S/C7H13NO3/c1-5(8)6(7(10)11)3-2-4-9/h4-6H,2-3,8H2,1H3,(H,10,11). The summed E-state index contributed by atoms with van der Waals surface area (Å²) in [5.74, 6) is -1.53. The van der Waals surface area contributed by atoms with Gasteiger partial charge in [0.25, 0.3) is 0 Å². The molecule has 2 atom stereocenters. The number of carboxylic acid groups (broad SMARTS) is 1. The molecule has 0 spiro atoms. The Balaban J connectivity index is 3.89. The van der Waals surface area contributed by atoms with Gasteiger partial charge in [-0.1, -0.05) is 0 Å². The highest BCUT2D eigenvalue weighted by Crippen LogP contribution is 2.08. The van der Waals surface area contributed by atoms with E-state index in [-0.39, 0.29) is 6.42 Å². The van der Waals surface area contributed by atoms with Crippen molar-refractivity contribution in [3.63, 3.8) is 0 Å². The molecule has 0 rings (SSSR count). The minimum absolute atomic E-state index is 0.262.